The number of halogens is 1. The van der Waals surface area contributed by atoms with E-state index in [0.29, 0.717) is 30.7 Å². The average Bonchev–Trinajstić information content (AvgIpc) is 3.15. The maximum absolute atomic E-state index is 13.4. The Balaban J connectivity index is 1.66. The lowest BCUT2D eigenvalue weighted by Gasteiger charge is -2.43. The first-order chi connectivity index (χ1) is 26.4. The smallest absolute Gasteiger partial charge is 0.373 e. The van der Waals surface area contributed by atoms with Crippen LogP contribution in [-0.2, 0) is 23.9 Å². The molecule has 8 nitrogen and oxygen atoms in total. The van der Waals surface area contributed by atoms with Crippen molar-refractivity contribution in [2.75, 3.05) is 7.11 Å². The number of benzene rings is 2. The van der Waals surface area contributed by atoms with E-state index in [1.807, 2.05) is 120 Å². The summed E-state index contributed by atoms with van der Waals surface area (Å²) >= 11 is 6.28. The monoisotopic (exact) mass is 798 g/mol. The normalized spacial score (nSPS) is 17.3. The Labute approximate surface area is 340 Å². The van der Waals surface area contributed by atoms with Crippen molar-refractivity contribution in [1.82, 2.24) is 10.6 Å². The van der Waals surface area contributed by atoms with Crippen LogP contribution in [0.15, 0.2) is 120 Å². The molecule has 0 saturated carbocycles. The fraction of sp³-hybridized carbons (Fsp3) is 0.413. The highest BCUT2D eigenvalue weighted by molar-refractivity contribution is 6.98. The highest BCUT2D eigenvalue weighted by atomic mass is 35.5. The van der Waals surface area contributed by atoms with Crippen LogP contribution >= 0.6 is 11.6 Å². The zero-order valence-electron chi connectivity index (χ0n) is 34.3. The molecule has 0 radical (unpaired) electrons. The number of hydrogen-bond acceptors (Lipinski definition) is 6. The molecule has 300 valence electrons. The van der Waals surface area contributed by atoms with E-state index in [2.05, 4.69) is 36.3 Å². The van der Waals surface area contributed by atoms with E-state index in [1.54, 1.807) is 24.4 Å². The Bertz CT molecular complexity index is 1820. The van der Waals surface area contributed by atoms with Crippen LogP contribution < -0.4 is 21.0 Å². The van der Waals surface area contributed by atoms with Gasteiger partial charge in [-0.25, -0.2) is 4.79 Å². The summed E-state index contributed by atoms with van der Waals surface area (Å²) in [4.78, 5) is 51.0. The van der Waals surface area contributed by atoms with E-state index in [1.165, 1.54) is 7.11 Å². The van der Waals surface area contributed by atoms with Gasteiger partial charge in [-0.1, -0.05) is 150 Å². The van der Waals surface area contributed by atoms with Gasteiger partial charge in [0.1, 0.15) is 12.1 Å². The van der Waals surface area contributed by atoms with E-state index in [0.717, 1.165) is 15.9 Å². The molecule has 0 unspecified atom stereocenters. The second kappa shape index (κ2) is 21.1. The first-order valence-electron chi connectivity index (χ1n) is 19.1. The number of esters is 1. The molecule has 1 aliphatic rings. The van der Waals surface area contributed by atoms with Gasteiger partial charge >= 0.3 is 5.97 Å². The molecule has 3 rings (SSSR count). The van der Waals surface area contributed by atoms with Crippen LogP contribution in [-0.4, -0.2) is 50.2 Å². The second-order valence-corrected chi connectivity index (χ2v) is 20.7. The van der Waals surface area contributed by atoms with E-state index >= 15 is 0 Å². The summed E-state index contributed by atoms with van der Waals surface area (Å²) in [6.07, 6.45) is 14.9. The lowest BCUT2D eigenvalue weighted by atomic mass is 9.86. The second-order valence-electron chi connectivity index (χ2n) is 16.2. The molecule has 2 aromatic carbocycles. The number of ether oxygens (including phenoxy) is 2. The highest BCUT2D eigenvalue weighted by Crippen LogP contribution is 2.43. The van der Waals surface area contributed by atoms with Gasteiger partial charge in [0.15, 0.2) is 5.76 Å². The molecule has 3 N–H and O–H groups in total. The van der Waals surface area contributed by atoms with Gasteiger partial charge in [-0.05, 0) is 84.1 Å². The van der Waals surface area contributed by atoms with Gasteiger partial charge in [-0.15, -0.1) is 0 Å². The van der Waals surface area contributed by atoms with Crippen molar-refractivity contribution in [3.8, 4) is 11.8 Å². The zero-order chi connectivity index (χ0) is 41.5. The van der Waals surface area contributed by atoms with E-state index in [9.17, 15) is 19.2 Å². The van der Waals surface area contributed by atoms with Crippen molar-refractivity contribution in [1.29, 1.82) is 0 Å². The van der Waals surface area contributed by atoms with Crippen molar-refractivity contribution in [3.05, 3.63) is 120 Å². The van der Waals surface area contributed by atoms with Crippen molar-refractivity contribution < 1.29 is 28.7 Å². The minimum atomic E-state index is -3.23. The third-order valence-corrected chi connectivity index (χ3v) is 14.7. The molecule has 1 aliphatic heterocycles. The lowest BCUT2D eigenvalue weighted by Crippen LogP contribution is -2.65. The van der Waals surface area contributed by atoms with E-state index in [4.69, 9.17) is 21.1 Å². The van der Waals surface area contributed by atoms with Crippen molar-refractivity contribution in [3.63, 3.8) is 0 Å². The Hall–Kier alpha value is -4.62. The van der Waals surface area contributed by atoms with Gasteiger partial charge in [-0.3, -0.25) is 9.59 Å². The minimum Gasteiger partial charge on any atom is -0.490 e. The number of nitrogens with one attached hydrogen (secondary N) is 2. The summed E-state index contributed by atoms with van der Waals surface area (Å²) in [5.41, 5.74) is 0.301. The van der Waals surface area contributed by atoms with Crippen LogP contribution in [0.2, 0.25) is 5.04 Å². The molecule has 0 spiro atoms. The van der Waals surface area contributed by atoms with Crippen molar-refractivity contribution in [2.45, 2.75) is 98.3 Å². The SMILES string of the molecule is COC1=CC[C@@H]([C@@H](C)/C=C(C)/C=C\C#CC(=O)N[C@H](C(=O)N/C=C\C[C@H](C/C=C(\C)Cl)CC(C)(C)[Si](O)(c2ccccc2)c2ccccc2)C(C)(C)C)OC1=O. The average molecular weight is 800 g/mol. The Morgan fingerprint density at radius 3 is 2.18 bits per heavy atom. The van der Waals surface area contributed by atoms with Crippen LogP contribution in [0.3, 0.4) is 0 Å². The molecule has 0 aromatic heterocycles. The summed E-state index contributed by atoms with van der Waals surface area (Å²) < 4.78 is 10.5. The summed E-state index contributed by atoms with van der Waals surface area (Å²) in [5.74, 6) is 4.20. The van der Waals surface area contributed by atoms with Crippen molar-refractivity contribution >= 4 is 48.1 Å². The molecule has 4 atom stereocenters. The molecule has 0 saturated heterocycles. The van der Waals surface area contributed by atoms with Gasteiger partial charge < -0.3 is 24.9 Å². The Morgan fingerprint density at radius 1 is 1.04 bits per heavy atom. The van der Waals surface area contributed by atoms with Gasteiger partial charge in [0.05, 0.1) is 7.11 Å². The number of carbonyl (C=O) groups excluding carboxylic acids is 3. The number of hydrogen-bond donors (Lipinski definition) is 3. The molecule has 0 bridgehead atoms. The summed E-state index contributed by atoms with van der Waals surface area (Å²) in [5, 5.41) is 7.80. The molecule has 0 fully saturated rings. The number of methoxy groups -OCH3 is 1. The lowest BCUT2D eigenvalue weighted by molar-refractivity contribution is -0.151. The third kappa shape index (κ3) is 13.3. The van der Waals surface area contributed by atoms with Gasteiger partial charge in [0.2, 0.25) is 5.91 Å². The predicted octanol–water partition coefficient (Wildman–Crippen LogP) is 7.60. The molecule has 2 amide bonds. The van der Waals surface area contributed by atoms with Gasteiger partial charge in [0.25, 0.3) is 14.2 Å². The fourth-order valence-corrected chi connectivity index (χ4v) is 10.9. The van der Waals surface area contributed by atoms with Crippen LogP contribution in [0.25, 0.3) is 0 Å². The number of allylic oxidation sites excluding steroid dienone is 6. The number of cyclic esters (lactones) is 1. The topological polar surface area (TPSA) is 114 Å². The van der Waals surface area contributed by atoms with Crippen LogP contribution in [0, 0.1) is 29.1 Å². The minimum absolute atomic E-state index is 0.0417. The fourth-order valence-electron chi connectivity index (χ4n) is 6.99. The molecular formula is C46H59ClN2O6Si. The number of amides is 2. The molecule has 1 heterocycles. The summed E-state index contributed by atoms with van der Waals surface area (Å²) in [6.45, 7) is 15.7. The molecular weight excluding hydrogens is 740 g/mol. The molecule has 56 heavy (non-hydrogen) atoms. The van der Waals surface area contributed by atoms with Crippen LogP contribution in [0.5, 0.6) is 0 Å². The Morgan fingerprint density at radius 2 is 1.64 bits per heavy atom. The largest absolute Gasteiger partial charge is 0.490 e. The van der Waals surface area contributed by atoms with E-state index in [-0.39, 0.29) is 29.6 Å². The Kier molecular flexibility index (Phi) is 17.2. The van der Waals surface area contributed by atoms with Gasteiger partial charge in [0, 0.05) is 17.4 Å². The molecule has 10 heteroatoms. The van der Waals surface area contributed by atoms with Crippen molar-refractivity contribution in [2.24, 2.45) is 17.3 Å². The van der Waals surface area contributed by atoms with Crippen LogP contribution in [0.1, 0.15) is 81.1 Å². The first-order valence-corrected chi connectivity index (χ1v) is 21.4. The van der Waals surface area contributed by atoms with Crippen LogP contribution in [0.4, 0.5) is 0 Å². The highest BCUT2D eigenvalue weighted by Gasteiger charge is 2.50. The first kappa shape index (κ1) is 45.8. The zero-order valence-corrected chi connectivity index (χ0v) is 36.1. The molecule has 0 aliphatic carbocycles. The number of rotatable bonds is 16. The summed E-state index contributed by atoms with van der Waals surface area (Å²) in [6, 6.07) is 19.1. The maximum atomic E-state index is 13.4. The molecule has 2 aromatic rings. The quantitative estimate of drug-likeness (QED) is 0.0699. The predicted molar refractivity (Wildman–Crippen MR) is 229 cm³/mol. The third-order valence-electron chi connectivity index (χ3n) is 10.1. The standard InChI is InChI=1S/C46H59ClN2O6Si/c1-33(31-34(2)39-28-29-40(54-9)44(52)55-39)19-16-17-25-41(50)49-42(45(4,5)6)43(51)48-30-18-20-36(27-26-35(3)47)32-46(7,8)56(53,37-21-12-10-13-22-37)38-23-14-11-15-24-38/h10-16,18-19,21-24,26,29-31,34,36,39,42,53H,20,27-28,32H2,1-9H3,(H,48,51)(H,49,50)/b19-16-,30-18-,33-31+,35-26+/t34-,36+,39-,42+/m0/s1. The maximum Gasteiger partial charge on any atom is 0.373 e. The summed E-state index contributed by atoms with van der Waals surface area (Å²) in [7, 11) is -1.79. The van der Waals surface area contributed by atoms with E-state index < -0.39 is 36.7 Å². The van der Waals surface area contributed by atoms with Gasteiger partial charge in [-0.2, -0.15) is 0 Å². The number of carbonyl (C=O) groups is 3.